The van der Waals surface area contributed by atoms with Gasteiger partial charge in [-0.1, -0.05) is 13.0 Å². The molecular formula is C7H10F4. The van der Waals surface area contributed by atoms with E-state index in [0.29, 0.717) is 6.42 Å². The number of allylic oxidation sites excluding steroid dienone is 2. The minimum absolute atomic E-state index is 0.201. The van der Waals surface area contributed by atoms with Crippen LogP contribution >= 0.6 is 0 Å². The molecule has 0 spiro atoms. The molecule has 0 saturated carbocycles. The predicted octanol–water partition coefficient (Wildman–Crippen LogP) is 3.24. The molecule has 66 valence electrons. The van der Waals surface area contributed by atoms with E-state index in [1.807, 2.05) is 0 Å². The molecule has 0 unspecified atom stereocenters. The Hall–Kier alpha value is -0.540. The van der Waals surface area contributed by atoms with E-state index in [4.69, 9.17) is 0 Å². The Bertz CT molecular complexity index is 143. The van der Waals surface area contributed by atoms with Crippen molar-refractivity contribution in [1.82, 2.24) is 0 Å². The summed E-state index contributed by atoms with van der Waals surface area (Å²) in [6.07, 6.45) is 1.59. The molecule has 0 rings (SSSR count). The Labute approximate surface area is 62.9 Å². The van der Waals surface area contributed by atoms with Crippen molar-refractivity contribution in [2.75, 3.05) is 0 Å². The van der Waals surface area contributed by atoms with Crippen LogP contribution in [0.5, 0.6) is 0 Å². The number of alkyl halides is 4. The molecule has 0 heterocycles. The average Bonchev–Trinajstić information content (AvgIpc) is 1.81. The minimum atomic E-state index is -4.02. The van der Waals surface area contributed by atoms with E-state index < -0.39 is 11.8 Å². The summed E-state index contributed by atoms with van der Waals surface area (Å²) in [5, 5.41) is 0. The van der Waals surface area contributed by atoms with E-state index in [2.05, 4.69) is 0 Å². The Morgan fingerprint density at radius 1 is 1.18 bits per heavy atom. The van der Waals surface area contributed by atoms with Crippen molar-refractivity contribution in [3.8, 4) is 0 Å². The molecule has 11 heavy (non-hydrogen) atoms. The quantitative estimate of drug-likeness (QED) is 0.450. The second kappa shape index (κ2) is 3.24. The fourth-order valence-corrected chi connectivity index (χ4v) is 0.412. The molecule has 0 aliphatic heterocycles. The lowest BCUT2D eigenvalue weighted by atomic mass is 10.2. The normalized spacial score (nSPS) is 14.4. The molecule has 0 fully saturated rings. The van der Waals surface area contributed by atoms with Gasteiger partial charge >= 0.3 is 11.8 Å². The molecule has 0 N–H and O–H groups in total. The van der Waals surface area contributed by atoms with Gasteiger partial charge in [0.05, 0.1) is 0 Å². The van der Waals surface area contributed by atoms with Crippen LogP contribution in [0.15, 0.2) is 12.2 Å². The zero-order chi connectivity index (χ0) is 9.12. The summed E-state index contributed by atoms with van der Waals surface area (Å²) in [5.41, 5.74) is 0. The smallest absolute Gasteiger partial charge is 0.200 e. The summed E-state index contributed by atoms with van der Waals surface area (Å²) >= 11 is 0. The van der Waals surface area contributed by atoms with Gasteiger partial charge in [0.2, 0.25) is 0 Å². The highest BCUT2D eigenvalue weighted by atomic mass is 19.3. The zero-order valence-corrected chi connectivity index (χ0v) is 6.37. The first kappa shape index (κ1) is 10.5. The fourth-order valence-electron chi connectivity index (χ4n) is 0.412. The predicted molar refractivity (Wildman–Crippen MR) is 35.0 cm³/mol. The number of hydrogen-bond donors (Lipinski definition) is 0. The van der Waals surface area contributed by atoms with E-state index in [1.54, 1.807) is 6.92 Å². The molecule has 4 heteroatoms. The molecule has 0 bridgehead atoms. The summed E-state index contributed by atoms with van der Waals surface area (Å²) in [5.74, 6) is -8.00. The standard InChI is InChI=1S/C7H10F4/c1-3-4-5-7(10,11)6(2,8)9/h4-5H,3H2,1-2H3/b5-4-. The summed E-state index contributed by atoms with van der Waals surface area (Å²) in [4.78, 5) is 0. The average molecular weight is 170 g/mol. The molecule has 0 aromatic carbocycles. The van der Waals surface area contributed by atoms with Crippen LogP contribution in [0, 0.1) is 0 Å². The molecule has 0 atom stereocenters. The molecule has 0 aliphatic rings. The number of halogens is 4. The highest BCUT2D eigenvalue weighted by molar-refractivity contribution is 5.00. The van der Waals surface area contributed by atoms with Crippen molar-refractivity contribution in [1.29, 1.82) is 0 Å². The van der Waals surface area contributed by atoms with E-state index in [0.717, 1.165) is 6.08 Å². The minimum Gasteiger partial charge on any atom is -0.200 e. The topological polar surface area (TPSA) is 0 Å². The van der Waals surface area contributed by atoms with E-state index >= 15 is 0 Å². The third-order valence-corrected chi connectivity index (χ3v) is 1.15. The molecule has 0 nitrogen and oxygen atoms in total. The first-order chi connectivity index (χ1) is 4.81. The molecule has 0 aliphatic carbocycles. The van der Waals surface area contributed by atoms with Gasteiger partial charge in [-0.15, -0.1) is 0 Å². The van der Waals surface area contributed by atoms with Crippen molar-refractivity contribution in [2.24, 2.45) is 0 Å². The van der Waals surface area contributed by atoms with Crippen molar-refractivity contribution < 1.29 is 17.6 Å². The monoisotopic (exact) mass is 170 g/mol. The Kier molecular flexibility index (Phi) is 3.08. The fraction of sp³-hybridized carbons (Fsp3) is 0.714. The van der Waals surface area contributed by atoms with Crippen molar-refractivity contribution in [2.45, 2.75) is 32.1 Å². The molecule has 0 aromatic rings. The van der Waals surface area contributed by atoms with Gasteiger partial charge in [0, 0.05) is 6.92 Å². The first-order valence-corrected chi connectivity index (χ1v) is 3.24. The maximum absolute atomic E-state index is 12.3. The Balaban J connectivity index is 4.34. The highest BCUT2D eigenvalue weighted by Crippen LogP contribution is 2.34. The van der Waals surface area contributed by atoms with E-state index in [9.17, 15) is 17.6 Å². The van der Waals surface area contributed by atoms with Gasteiger partial charge in [0.25, 0.3) is 0 Å². The number of hydrogen-bond acceptors (Lipinski definition) is 0. The second-order valence-electron chi connectivity index (χ2n) is 2.32. The van der Waals surface area contributed by atoms with Crippen LogP contribution < -0.4 is 0 Å². The maximum atomic E-state index is 12.3. The summed E-state index contributed by atoms with van der Waals surface area (Å²) < 4.78 is 48.6. The van der Waals surface area contributed by atoms with Gasteiger partial charge in [-0.3, -0.25) is 0 Å². The summed E-state index contributed by atoms with van der Waals surface area (Å²) in [6.45, 7) is 1.80. The third kappa shape index (κ3) is 2.91. The largest absolute Gasteiger partial charge is 0.328 e. The van der Waals surface area contributed by atoms with Crippen LogP contribution in [0.1, 0.15) is 20.3 Å². The molecule has 0 radical (unpaired) electrons. The number of rotatable bonds is 3. The summed E-state index contributed by atoms with van der Waals surface area (Å²) in [7, 11) is 0. The van der Waals surface area contributed by atoms with Gasteiger partial charge in [-0.05, 0) is 12.5 Å². The lowest BCUT2D eigenvalue weighted by Gasteiger charge is -2.19. The highest BCUT2D eigenvalue weighted by Gasteiger charge is 2.49. The van der Waals surface area contributed by atoms with Crippen molar-refractivity contribution in [3.63, 3.8) is 0 Å². The van der Waals surface area contributed by atoms with Crippen LogP contribution in [0.2, 0.25) is 0 Å². The first-order valence-electron chi connectivity index (χ1n) is 3.24. The zero-order valence-electron chi connectivity index (χ0n) is 6.37. The van der Waals surface area contributed by atoms with Crippen LogP contribution in [0.25, 0.3) is 0 Å². The van der Waals surface area contributed by atoms with E-state index in [-0.39, 0.29) is 13.0 Å². The van der Waals surface area contributed by atoms with Crippen LogP contribution in [-0.2, 0) is 0 Å². The lowest BCUT2D eigenvalue weighted by molar-refractivity contribution is -0.166. The van der Waals surface area contributed by atoms with Gasteiger partial charge in [0.1, 0.15) is 0 Å². The molecule has 0 saturated heterocycles. The van der Waals surface area contributed by atoms with Crippen LogP contribution in [-0.4, -0.2) is 11.8 Å². The molecular weight excluding hydrogens is 160 g/mol. The SMILES string of the molecule is CC/C=C\C(F)(F)C(C)(F)F. The van der Waals surface area contributed by atoms with Crippen molar-refractivity contribution in [3.05, 3.63) is 12.2 Å². The van der Waals surface area contributed by atoms with Gasteiger partial charge in [-0.2, -0.15) is 17.6 Å². The molecule has 0 aromatic heterocycles. The summed E-state index contributed by atoms with van der Waals surface area (Å²) in [6, 6.07) is 0. The second-order valence-corrected chi connectivity index (χ2v) is 2.32. The van der Waals surface area contributed by atoms with Gasteiger partial charge < -0.3 is 0 Å². The van der Waals surface area contributed by atoms with Crippen molar-refractivity contribution >= 4 is 0 Å². The maximum Gasteiger partial charge on any atom is 0.328 e. The Morgan fingerprint density at radius 3 is 1.91 bits per heavy atom. The van der Waals surface area contributed by atoms with E-state index in [1.165, 1.54) is 0 Å². The lowest BCUT2D eigenvalue weighted by Crippen LogP contribution is -2.35. The van der Waals surface area contributed by atoms with Gasteiger partial charge in [0.15, 0.2) is 0 Å². The Morgan fingerprint density at radius 2 is 1.64 bits per heavy atom. The van der Waals surface area contributed by atoms with Crippen LogP contribution in [0.4, 0.5) is 17.6 Å². The molecule has 0 amide bonds. The van der Waals surface area contributed by atoms with Gasteiger partial charge in [-0.25, -0.2) is 0 Å². The van der Waals surface area contributed by atoms with Crippen LogP contribution in [0.3, 0.4) is 0 Å². The third-order valence-electron chi connectivity index (χ3n) is 1.15.